The van der Waals surface area contributed by atoms with Crippen LogP contribution < -0.4 is 0 Å². The number of carbonyl (C=O) groups is 1. The molecule has 1 N–H and O–H groups in total. The highest BCUT2D eigenvalue weighted by Gasteiger charge is 2.12. The van der Waals surface area contributed by atoms with Crippen molar-refractivity contribution >= 4 is 5.78 Å². The summed E-state index contributed by atoms with van der Waals surface area (Å²) in [6.45, 7) is 5.64. The van der Waals surface area contributed by atoms with E-state index in [-0.39, 0.29) is 11.7 Å². The summed E-state index contributed by atoms with van der Waals surface area (Å²) in [4.78, 5) is 10.8. The molecule has 0 amide bonds. The van der Waals surface area contributed by atoms with Gasteiger partial charge in [-0.3, -0.25) is 4.79 Å². The van der Waals surface area contributed by atoms with Crippen LogP contribution in [0.4, 0.5) is 0 Å². The summed E-state index contributed by atoms with van der Waals surface area (Å²) in [5.74, 6) is 0.330. The summed E-state index contributed by atoms with van der Waals surface area (Å²) in [5, 5.41) is 9.21. The predicted octanol–water partition coefficient (Wildman–Crippen LogP) is 1.37. The zero-order valence-electron chi connectivity index (χ0n) is 6.92. The van der Waals surface area contributed by atoms with E-state index in [0.717, 1.165) is 0 Å². The number of ketones is 1. The van der Waals surface area contributed by atoms with Crippen molar-refractivity contribution in [1.82, 2.24) is 0 Å². The Balaban J connectivity index is 3.57. The number of carbonyl (C=O) groups excluding carboxylic acids is 1. The number of rotatable bonds is 4. The summed E-state index contributed by atoms with van der Waals surface area (Å²) in [6, 6.07) is 0. The minimum absolute atomic E-state index is 0.140. The molecule has 0 rings (SSSR count). The molecule has 0 saturated carbocycles. The van der Waals surface area contributed by atoms with Crippen molar-refractivity contribution in [3.63, 3.8) is 0 Å². The van der Waals surface area contributed by atoms with Gasteiger partial charge in [-0.25, -0.2) is 0 Å². The van der Waals surface area contributed by atoms with Crippen molar-refractivity contribution < 1.29 is 9.90 Å². The lowest BCUT2D eigenvalue weighted by Gasteiger charge is -2.11. The number of hydrogen-bond donors (Lipinski definition) is 1. The SMILES string of the molecule is CCC(=O)CC(O)C(C)C. The molecular weight excluding hydrogens is 128 g/mol. The second kappa shape index (κ2) is 4.45. The lowest BCUT2D eigenvalue weighted by molar-refractivity contribution is -0.121. The van der Waals surface area contributed by atoms with Gasteiger partial charge in [-0.2, -0.15) is 0 Å². The monoisotopic (exact) mass is 144 g/mol. The molecule has 0 radical (unpaired) electrons. The van der Waals surface area contributed by atoms with Crippen LogP contribution in [-0.4, -0.2) is 17.0 Å². The fourth-order valence-electron chi connectivity index (χ4n) is 0.613. The lowest BCUT2D eigenvalue weighted by Crippen LogP contribution is -2.18. The molecule has 2 heteroatoms. The molecule has 60 valence electrons. The average molecular weight is 144 g/mol. The molecule has 10 heavy (non-hydrogen) atoms. The standard InChI is InChI=1S/C8H16O2/c1-4-7(9)5-8(10)6(2)3/h6,8,10H,4-5H2,1-3H3. The molecular formula is C8H16O2. The van der Waals surface area contributed by atoms with Crippen LogP contribution in [0.1, 0.15) is 33.6 Å². The van der Waals surface area contributed by atoms with E-state index in [0.29, 0.717) is 12.8 Å². The Labute approximate surface area is 62.2 Å². The van der Waals surface area contributed by atoms with Gasteiger partial charge in [0.2, 0.25) is 0 Å². The second-order valence-corrected chi connectivity index (χ2v) is 2.91. The van der Waals surface area contributed by atoms with E-state index in [4.69, 9.17) is 0 Å². The Morgan fingerprint density at radius 3 is 2.30 bits per heavy atom. The van der Waals surface area contributed by atoms with Crippen molar-refractivity contribution in [2.75, 3.05) is 0 Å². The minimum Gasteiger partial charge on any atom is -0.392 e. The molecule has 0 aromatic carbocycles. The molecule has 0 spiro atoms. The number of Topliss-reactive ketones (excluding diaryl/α,β-unsaturated/α-hetero) is 1. The molecule has 1 unspecified atom stereocenters. The van der Waals surface area contributed by atoms with Gasteiger partial charge in [0, 0.05) is 12.8 Å². The summed E-state index contributed by atoms with van der Waals surface area (Å²) < 4.78 is 0. The summed E-state index contributed by atoms with van der Waals surface area (Å²) in [6.07, 6.45) is 0.394. The third kappa shape index (κ3) is 3.62. The Morgan fingerprint density at radius 1 is 1.50 bits per heavy atom. The molecule has 0 heterocycles. The van der Waals surface area contributed by atoms with Crippen molar-refractivity contribution in [2.24, 2.45) is 5.92 Å². The van der Waals surface area contributed by atoms with Crippen molar-refractivity contribution in [3.05, 3.63) is 0 Å². The van der Waals surface area contributed by atoms with Crippen LogP contribution in [0.3, 0.4) is 0 Å². The first-order chi connectivity index (χ1) is 4.57. The minimum atomic E-state index is -0.451. The summed E-state index contributed by atoms with van der Waals surface area (Å²) in [7, 11) is 0. The van der Waals surface area contributed by atoms with E-state index >= 15 is 0 Å². The molecule has 0 aromatic heterocycles. The Morgan fingerprint density at radius 2 is 2.00 bits per heavy atom. The van der Waals surface area contributed by atoms with Gasteiger partial charge in [-0.05, 0) is 5.92 Å². The van der Waals surface area contributed by atoms with Gasteiger partial charge in [-0.15, -0.1) is 0 Å². The van der Waals surface area contributed by atoms with E-state index in [1.165, 1.54) is 0 Å². The fourth-order valence-corrected chi connectivity index (χ4v) is 0.613. The largest absolute Gasteiger partial charge is 0.392 e. The third-order valence-corrected chi connectivity index (χ3v) is 1.60. The molecule has 0 aliphatic rings. The van der Waals surface area contributed by atoms with E-state index < -0.39 is 6.10 Å². The molecule has 0 bridgehead atoms. The number of hydrogen-bond acceptors (Lipinski definition) is 2. The first-order valence-corrected chi connectivity index (χ1v) is 3.77. The topological polar surface area (TPSA) is 37.3 Å². The highest BCUT2D eigenvalue weighted by Crippen LogP contribution is 2.06. The fraction of sp³-hybridized carbons (Fsp3) is 0.875. The quantitative estimate of drug-likeness (QED) is 0.647. The van der Waals surface area contributed by atoms with E-state index in [9.17, 15) is 9.90 Å². The van der Waals surface area contributed by atoms with Crippen molar-refractivity contribution in [1.29, 1.82) is 0 Å². The smallest absolute Gasteiger partial charge is 0.135 e. The molecule has 0 aliphatic heterocycles. The second-order valence-electron chi connectivity index (χ2n) is 2.91. The van der Waals surface area contributed by atoms with Gasteiger partial charge in [0.05, 0.1) is 6.10 Å². The normalized spacial score (nSPS) is 13.7. The first kappa shape index (κ1) is 9.63. The maximum Gasteiger partial charge on any atom is 0.135 e. The van der Waals surface area contributed by atoms with Crippen LogP contribution in [-0.2, 0) is 4.79 Å². The van der Waals surface area contributed by atoms with Crippen molar-refractivity contribution in [3.8, 4) is 0 Å². The highest BCUT2D eigenvalue weighted by atomic mass is 16.3. The van der Waals surface area contributed by atoms with Crippen LogP contribution in [0.5, 0.6) is 0 Å². The molecule has 0 aromatic rings. The highest BCUT2D eigenvalue weighted by molar-refractivity contribution is 5.78. The van der Waals surface area contributed by atoms with Crippen LogP contribution in [0.2, 0.25) is 0 Å². The van der Waals surface area contributed by atoms with E-state index in [2.05, 4.69) is 0 Å². The van der Waals surface area contributed by atoms with Crippen molar-refractivity contribution in [2.45, 2.75) is 39.7 Å². The maximum atomic E-state index is 10.8. The van der Waals surface area contributed by atoms with Gasteiger partial charge in [0.15, 0.2) is 0 Å². The summed E-state index contributed by atoms with van der Waals surface area (Å²) in [5.41, 5.74) is 0. The lowest BCUT2D eigenvalue weighted by atomic mass is 10.0. The average Bonchev–Trinajstić information content (AvgIpc) is 1.87. The van der Waals surface area contributed by atoms with Crippen LogP contribution in [0, 0.1) is 5.92 Å². The van der Waals surface area contributed by atoms with Gasteiger partial charge >= 0.3 is 0 Å². The number of aliphatic hydroxyl groups is 1. The zero-order chi connectivity index (χ0) is 8.15. The zero-order valence-corrected chi connectivity index (χ0v) is 6.92. The molecule has 1 atom stereocenters. The van der Waals surface area contributed by atoms with Crippen LogP contribution in [0.25, 0.3) is 0 Å². The van der Waals surface area contributed by atoms with Gasteiger partial charge in [-0.1, -0.05) is 20.8 Å². The van der Waals surface area contributed by atoms with Crippen LogP contribution >= 0.6 is 0 Å². The number of aliphatic hydroxyl groups excluding tert-OH is 1. The van der Waals surface area contributed by atoms with Crippen LogP contribution in [0.15, 0.2) is 0 Å². The molecule has 0 fully saturated rings. The summed E-state index contributed by atoms with van der Waals surface area (Å²) >= 11 is 0. The third-order valence-electron chi connectivity index (χ3n) is 1.60. The molecule has 2 nitrogen and oxygen atoms in total. The maximum absolute atomic E-state index is 10.8. The Kier molecular flexibility index (Phi) is 4.28. The Bertz CT molecular complexity index is 108. The van der Waals surface area contributed by atoms with Gasteiger partial charge in [0.25, 0.3) is 0 Å². The predicted molar refractivity (Wildman–Crippen MR) is 40.8 cm³/mol. The van der Waals surface area contributed by atoms with E-state index in [1.54, 1.807) is 0 Å². The first-order valence-electron chi connectivity index (χ1n) is 3.77. The Hall–Kier alpha value is -0.370. The molecule has 0 saturated heterocycles. The van der Waals surface area contributed by atoms with Gasteiger partial charge < -0.3 is 5.11 Å². The van der Waals surface area contributed by atoms with E-state index in [1.807, 2.05) is 20.8 Å². The molecule has 0 aliphatic carbocycles. The van der Waals surface area contributed by atoms with Gasteiger partial charge in [0.1, 0.15) is 5.78 Å².